The van der Waals surface area contributed by atoms with Crippen LogP contribution >= 0.6 is 11.3 Å². The maximum absolute atomic E-state index is 12.3. The maximum Gasteiger partial charge on any atom is 0.362 e. The minimum atomic E-state index is -0.427. The van der Waals surface area contributed by atoms with Gasteiger partial charge in [0.1, 0.15) is 0 Å². The number of para-hydroxylation sites is 1. The third-order valence-corrected chi connectivity index (χ3v) is 5.61. The summed E-state index contributed by atoms with van der Waals surface area (Å²) < 4.78 is 2.08. The Kier molecular flexibility index (Phi) is 4.89. The number of amides is 2. The van der Waals surface area contributed by atoms with Gasteiger partial charge in [-0.25, -0.2) is 10.2 Å². The van der Waals surface area contributed by atoms with E-state index in [1.807, 2.05) is 36.4 Å². The summed E-state index contributed by atoms with van der Waals surface area (Å²) >= 11 is 1.58. The second-order valence-corrected chi connectivity index (χ2v) is 7.31. The molecule has 0 saturated heterocycles. The Bertz CT molecular complexity index is 1050. The number of carbonyl (C=O) groups excluding carboxylic acids is 1. The first kappa shape index (κ1) is 17.3. The molecule has 1 heterocycles. The first-order chi connectivity index (χ1) is 13.3. The van der Waals surface area contributed by atoms with Gasteiger partial charge in [-0.15, -0.1) is 17.9 Å². The van der Waals surface area contributed by atoms with Crippen molar-refractivity contribution in [3.63, 3.8) is 0 Å². The topological polar surface area (TPSA) is 58.4 Å². The van der Waals surface area contributed by atoms with Gasteiger partial charge in [0.15, 0.2) is 4.80 Å². The van der Waals surface area contributed by atoms with E-state index >= 15 is 0 Å². The van der Waals surface area contributed by atoms with Crippen LogP contribution in [0.1, 0.15) is 10.4 Å². The molecule has 0 spiro atoms. The SMILES string of the molecule is C=CCn1c2c(sc1=NC(=O)NNc1ccccc1)CCc1ccccc1-2. The first-order valence-corrected chi connectivity index (χ1v) is 9.65. The van der Waals surface area contributed by atoms with Crippen molar-refractivity contribution in [1.82, 2.24) is 9.99 Å². The molecule has 0 aliphatic heterocycles. The standard InChI is InChI=1S/C21H20N4OS/c1-2-14-25-19-17-11-7-6-8-15(17)12-13-18(19)27-21(25)22-20(26)24-23-16-9-4-3-5-10-16/h2-11,23H,1,12-14H2,(H,24,26). The molecule has 0 fully saturated rings. The highest BCUT2D eigenvalue weighted by atomic mass is 32.1. The van der Waals surface area contributed by atoms with Crippen LogP contribution < -0.4 is 15.7 Å². The number of aryl methyl sites for hydroxylation is 2. The third-order valence-electron chi connectivity index (χ3n) is 4.47. The second kappa shape index (κ2) is 7.63. The number of carbonyl (C=O) groups is 1. The minimum Gasteiger partial charge on any atom is -0.312 e. The Hall–Kier alpha value is -3.12. The molecule has 136 valence electrons. The van der Waals surface area contributed by atoms with Crippen LogP contribution in [0.25, 0.3) is 11.3 Å². The maximum atomic E-state index is 12.3. The average molecular weight is 376 g/mol. The van der Waals surface area contributed by atoms with E-state index in [0.717, 1.165) is 24.2 Å². The zero-order chi connectivity index (χ0) is 18.6. The van der Waals surface area contributed by atoms with Gasteiger partial charge in [-0.3, -0.25) is 5.43 Å². The monoisotopic (exact) mass is 376 g/mol. The molecule has 1 aliphatic rings. The molecule has 0 unspecified atom stereocenters. The predicted octanol–water partition coefficient (Wildman–Crippen LogP) is 4.14. The van der Waals surface area contributed by atoms with Gasteiger partial charge in [0.25, 0.3) is 0 Å². The van der Waals surface area contributed by atoms with Crippen molar-refractivity contribution in [2.45, 2.75) is 19.4 Å². The summed E-state index contributed by atoms with van der Waals surface area (Å²) in [6.45, 7) is 4.48. The van der Waals surface area contributed by atoms with Gasteiger partial charge in [0, 0.05) is 17.0 Å². The van der Waals surface area contributed by atoms with Crippen molar-refractivity contribution in [1.29, 1.82) is 0 Å². The van der Waals surface area contributed by atoms with Gasteiger partial charge in [-0.1, -0.05) is 48.5 Å². The molecule has 5 nitrogen and oxygen atoms in total. The third kappa shape index (κ3) is 3.57. The Labute approximate surface area is 161 Å². The average Bonchev–Trinajstić information content (AvgIpc) is 3.05. The lowest BCUT2D eigenvalue weighted by molar-refractivity contribution is 0.250. The Morgan fingerprint density at radius 1 is 1.15 bits per heavy atom. The number of thiazole rings is 1. The smallest absolute Gasteiger partial charge is 0.312 e. The molecule has 2 N–H and O–H groups in total. The van der Waals surface area contributed by atoms with E-state index in [9.17, 15) is 4.79 Å². The molecule has 0 saturated carbocycles. The molecule has 27 heavy (non-hydrogen) atoms. The normalized spacial score (nSPS) is 12.8. The summed E-state index contributed by atoms with van der Waals surface area (Å²) in [5, 5.41) is 0. The number of hydrogen-bond acceptors (Lipinski definition) is 3. The van der Waals surface area contributed by atoms with Crippen molar-refractivity contribution < 1.29 is 4.79 Å². The number of fused-ring (bicyclic) bond motifs is 3. The zero-order valence-corrected chi connectivity index (χ0v) is 15.6. The molecule has 3 aromatic rings. The molecular formula is C21H20N4OS. The van der Waals surface area contributed by atoms with Crippen LogP contribution in [0.2, 0.25) is 0 Å². The lowest BCUT2D eigenvalue weighted by Gasteiger charge is -2.18. The number of hydrogen-bond donors (Lipinski definition) is 2. The Morgan fingerprint density at radius 2 is 1.93 bits per heavy atom. The number of urea groups is 1. The van der Waals surface area contributed by atoms with Crippen LogP contribution in [0, 0.1) is 0 Å². The number of allylic oxidation sites excluding steroid dienone is 1. The quantitative estimate of drug-likeness (QED) is 0.531. The minimum absolute atomic E-state index is 0.427. The van der Waals surface area contributed by atoms with E-state index < -0.39 is 6.03 Å². The lowest BCUT2D eigenvalue weighted by atomic mass is 9.93. The number of anilines is 1. The molecule has 4 rings (SSSR count). The first-order valence-electron chi connectivity index (χ1n) is 8.83. The number of benzene rings is 2. The fourth-order valence-corrected chi connectivity index (χ4v) is 4.43. The van der Waals surface area contributed by atoms with Crippen molar-refractivity contribution in [3.8, 4) is 11.3 Å². The van der Waals surface area contributed by atoms with Crippen molar-refractivity contribution >= 4 is 23.1 Å². The molecule has 0 bridgehead atoms. The molecule has 0 atom stereocenters. The predicted molar refractivity (Wildman–Crippen MR) is 110 cm³/mol. The largest absolute Gasteiger partial charge is 0.362 e. The summed E-state index contributed by atoms with van der Waals surface area (Å²) in [6, 6.07) is 17.5. The van der Waals surface area contributed by atoms with Crippen molar-refractivity contribution in [3.05, 3.63) is 82.5 Å². The molecular weight excluding hydrogens is 356 g/mol. The highest BCUT2D eigenvalue weighted by Gasteiger charge is 2.22. The van der Waals surface area contributed by atoms with Crippen LogP contribution in [0.5, 0.6) is 0 Å². The summed E-state index contributed by atoms with van der Waals surface area (Å²) in [4.78, 5) is 18.6. The van der Waals surface area contributed by atoms with Gasteiger partial charge >= 0.3 is 6.03 Å². The number of nitrogens with zero attached hydrogens (tertiary/aromatic N) is 2. The van der Waals surface area contributed by atoms with Crippen LogP contribution in [0.3, 0.4) is 0 Å². The van der Waals surface area contributed by atoms with Gasteiger partial charge in [-0.05, 0) is 30.5 Å². The van der Waals surface area contributed by atoms with Crippen molar-refractivity contribution in [2.24, 2.45) is 4.99 Å². The van der Waals surface area contributed by atoms with Crippen LogP contribution in [-0.2, 0) is 19.4 Å². The number of aromatic nitrogens is 1. The fourth-order valence-electron chi connectivity index (χ4n) is 3.29. The molecule has 1 aliphatic carbocycles. The molecule has 1 aromatic heterocycles. The van der Waals surface area contributed by atoms with Gasteiger partial charge < -0.3 is 4.57 Å². The van der Waals surface area contributed by atoms with Crippen LogP contribution in [0.4, 0.5) is 10.5 Å². The Balaban J connectivity index is 1.67. The van der Waals surface area contributed by atoms with E-state index in [2.05, 4.69) is 51.3 Å². The van der Waals surface area contributed by atoms with E-state index in [1.54, 1.807) is 11.3 Å². The number of hydrazine groups is 1. The van der Waals surface area contributed by atoms with E-state index in [4.69, 9.17) is 0 Å². The molecule has 0 radical (unpaired) electrons. The lowest BCUT2D eigenvalue weighted by Crippen LogP contribution is -2.29. The van der Waals surface area contributed by atoms with Crippen LogP contribution in [-0.4, -0.2) is 10.6 Å². The number of nitrogens with one attached hydrogen (secondary N) is 2. The molecule has 6 heteroatoms. The van der Waals surface area contributed by atoms with Crippen LogP contribution in [0.15, 0.2) is 72.2 Å². The van der Waals surface area contributed by atoms with E-state index in [-0.39, 0.29) is 0 Å². The zero-order valence-electron chi connectivity index (χ0n) is 14.8. The summed E-state index contributed by atoms with van der Waals surface area (Å²) in [5.74, 6) is 0. The summed E-state index contributed by atoms with van der Waals surface area (Å²) in [7, 11) is 0. The molecule has 2 aromatic carbocycles. The Morgan fingerprint density at radius 3 is 2.74 bits per heavy atom. The highest BCUT2D eigenvalue weighted by molar-refractivity contribution is 7.09. The highest BCUT2D eigenvalue weighted by Crippen LogP contribution is 2.34. The van der Waals surface area contributed by atoms with Gasteiger partial charge in [0.05, 0.1) is 11.4 Å². The van der Waals surface area contributed by atoms with Crippen molar-refractivity contribution in [2.75, 3.05) is 5.43 Å². The van der Waals surface area contributed by atoms with E-state index in [1.165, 1.54) is 16.0 Å². The van der Waals surface area contributed by atoms with Gasteiger partial charge in [-0.2, -0.15) is 4.99 Å². The number of rotatable bonds is 4. The summed E-state index contributed by atoms with van der Waals surface area (Å²) in [5.41, 5.74) is 10.0. The molecule has 2 amide bonds. The fraction of sp³-hybridized carbons (Fsp3) is 0.143. The summed E-state index contributed by atoms with van der Waals surface area (Å²) in [6.07, 6.45) is 3.82. The van der Waals surface area contributed by atoms with Gasteiger partial charge in [0.2, 0.25) is 0 Å². The van der Waals surface area contributed by atoms with E-state index in [0.29, 0.717) is 11.3 Å². The second-order valence-electron chi connectivity index (χ2n) is 6.25.